The second-order valence-electron chi connectivity index (χ2n) is 9.35. The van der Waals surface area contributed by atoms with Crippen LogP contribution in [0.5, 0.6) is 0 Å². The Bertz CT molecular complexity index is 985. The van der Waals surface area contributed by atoms with E-state index >= 15 is 0 Å². The summed E-state index contributed by atoms with van der Waals surface area (Å²) < 4.78 is 7.57. The predicted octanol–water partition coefficient (Wildman–Crippen LogP) is 2.36. The zero-order valence-electron chi connectivity index (χ0n) is 16.8. The van der Waals surface area contributed by atoms with Gasteiger partial charge in [-0.1, -0.05) is 24.6 Å². The topological polar surface area (TPSA) is 70.1 Å². The van der Waals surface area contributed by atoms with E-state index in [9.17, 15) is 14.7 Å². The quantitative estimate of drug-likeness (QED) is 0.818. The Morgan fingerprint density at radius 2 is 1.97 bits per heavy atom. The highest BCUT2D eigenvalue weighted by atomic mass is 32.1. The Kier molecular flexibility index (Phi) is 4.24. The average molecular weight is 427 g/mol. The number of aliphatic hydroxyl groups excluding tert-OH is 1. The van der Waals surface area contributed by atoms with E-state index < -0.39 is 5.60 Å². The lowest BCUT2D eigenvalue weighted by Crippen LogP contribution is -2.56. The third-order valence-electron chi connectivity index (χ3n) is 7.69. The fourth-order valence-corrected chi connectivity index (χ4v) is 6.94. The van der Waals surface area contributed by atoms with E-state index in [0.717, 1.165) is 34.2 Å². The van der Waals surface area contributed by atoms with Crippen molar-refractivity contribution in [1.82, 2.24) is 9.80 Å². The molecule has 1 N–H and O–H groups in total. The van der Waals surface area contributed by atoms with Crippen LogP contribution in [0.4, 0.5) is 0 Å². The van der Waals surface area contributed by atoms with Crippen LogP contribution < -0.4 is 0 Å². The molecule has 4 aliphatic rings. The van der Waals surface area contributed by atoms with Crippen molar-refractivity contribution in [3.63, 3.8) is 0 Å². The van der Waals surface area contributed by atoms with Crippen molar-refractivity contribution in [2.24, 2.45) is 17.8 Å². The molecule has 6 nitrogen and oxygen atoms in total. The van der Waals surface area contributed by atoms with Gasteiger partial charge in [0.15, 0.2) is 0 Å². The van der Waals surface area contributed by atoms with E-state index in [2.05, 4.69) is 0 Å². The van der Waals surface area contributed by atoms with Crippen LogP contribution in [0.3, 0.4) is 0 Å². The minimum Gasteiger partial charge on any atom is -0.396 e. The molecule has 158 valence electrons. The number of hydrogen-bond donors (Lipinski definition) is 1. The van der Waals surface area contributed by atoms with Crippen LogP contribution in [0, 0.1) is 17.8 Å². The van der Waals surface area contributed by atoms with Crippen LogP contribution in [0.2, 0.25) is 0 Å². The first-order valence-corrected chi connectivity index (χ1v) is 11.7. The number of likely N-dealkylation sites (tertiary alicyclic amines) is 2. The van der Waals surface area contributed by atoms with Gasteiger partial charge in [0.25, 0.3) is 5.91 Å². The molecule has 1 spiro atoms. The van der Waals surface area contributed by atoms with Gasteiger partial charge in [0, 0.05) is 42.2 Å². The molecule has 0 radical (unpaired) electrons. The number of nitrogens with zero attached hydrogens (tertiary/aromatic N) is 2. The van der Waals surface area contributed by atoms with E-state index in [1.54, 1.807) is 0 Å². The molecule has 0 unspecified atom stereocenters. The maximum Gasteiger partial charge on any atom is 0.264 e. The van der Waals surface area contributed by atoms with Crippen molar-refractivity contribution < 1.29 is 19.4 Å². The summed E-state index contributed by atoms with van der Waals surface area (Å²) in [7, 11) is 0. The molecule has 1 aromatic heterocycles. The molecule has 2 amide bonds. The number of aliphatic hydroxyl groups is 1. The zero-order valence-corrected chi connectivity index (χ0v) is 17.6. The number of rotatable bonds is 3. The number of carbonyl (C=O) groups is 2. The standard InChI is InChI=1S/C23H26N2O4S/c26-11-16-17-9-24(21(27)14-5-3-6-14)12-23(17)13-25(10-18(16)29-23)22(28)20-8-15-4-1-2-7-19(15)30-20/h1-2,4,7-8,14,16-18,26H,3,5-6,9-13H2/t16-,17+,18+,23-/m0/s1. The first-order valence-electron chi connectivity index (χ1n) is 10.9. The van der Waals surface area contributed by atoms with E-state index in [1.165, 1.54) is 11.3 Å². The Morgan fingerprint density at radius 3 is 2.70 bits per heavy atom. The third-order valence-corrected chi connectivity index (χ3v) is 8.80. The number of hydrogen-bond acceptors (Lipinski definition) is 5. The van der Waals surface area contributed by atoms with Crippen molar-refractivity contribution in [3.8, 4) is 0 Å². The Balaban J connectivity index is 1.27. The van der Waals surface area contributed by atoms with Crippen LogP contribution in [-0.4, -0.2) is 71.2 Å². The molecular formula is C23H26N2O4S. The summed E-state index contributed by atoms with van der Waals surface area (Å²) in [4.78, 5) is 30.9. The maximum atomic E-state index is 13.4. The second-order valence-corrected chi connectivity index (χ2v) is 10.4. The average Bonchev–Trinajstić information content (AvgIpc) is 3.33. The summed E-state index contributed by atoms with van der Waals surface area (Å²) in [5.74, 6) is 0.490. The van der Waals surface area contributed by atoms with Crippen molar-refractivity contribution in [2.45, 2.75) is 31.0 Å². The summed E-state index contributed by atoms with van der Waals surface area (Å²) in [5.41, 5.74) is -0.540. The highest BCUT2D eigenvalue weighted by Gasteiger charge is 2.63. The van der Waals surface area contributed by atoms with Gasteiger partial charge in [-0.05, 0) is 30.4 Å². The van der Waals surface area contributed by atoms with Gasteiger partial charge in [-0.2, -0.15) is 0 Å². The van der Waals surface area contributed by atoms with Crippen molar-refractivity contribution in [1.29, 1.82) is 0 Å². The molecular weight excluding hydrogens is 400 g/mol. The van der Waals surface area contributed by atoms with Crippen molar-refractivity contribution in [3.05, 3.63) is 35.2 Å². The minimum atomic E-state index is -0.540. The molecule has 6 rings (SSSR count). The molecule has 4 atom stereocenters. The van der Waals surface area contributed by atoms with E-state index in [0.29, 0.717) is 26.2 Å². The monoisotopic (exact) mass is 426 g/mol. The third kappa shape index (κ3) is 2.68. The molecule has 2 aromatic rings. The number of ether oxygens (including phenoxy) is 1. The lowest BCUT2D eigenvalue weighted by molar-refractivity contribution is -0.142. The van der Waals surface area contributed by atoms with Crippen LogP contribution in [0.25, 0.3) is 10.1 Å². The molecule has 1 saturated carbocycles. The largest absolute Gasteiger partial charge is 0.396 e. The summed E-state index contributed by atoms with van der Waals surface area (Å²) in [6, 6.07) is 10.0. The molecule has 2 bridgehead atoms. The minimum absolute atomic E-state index is 0.0237. The molecule has 4 heterocycles. The van der Waals surface area contributed by atoms with Gasteiger partial charge in [0.05, 0.1) is 24.1 Å². The first kappa shape index (κ1) is 18.8. The van der Waals surface area contributed by atoms with Gasteiger partial charge < -0.3 is 19.6 Å². The van der Waals surface area contributed by atoms with Crippen molar-refractivity contribution >= 4 is 33.2 Å². The number of amides is 2. The zero-order chi connectivity index (χ0) is 20.5. The second kappa shape index (κ2) is 6.77. The maximum absolute atomic E-state index is 13.4. The molecule has 3 saturated heterocycles. The molecule has 3 aliphatic heterocycles. The van der Waals surface area contributed by atoms with Crippen LogP contribution >= 0.6 is 11.3 Å². The predicted molar refractivity (Wildman–Crippen MR) is 113 cm³/mol. The molecule has 4 fully saturated rings. The van der Waals surface area contributed by atoms with Crippen LogP contribution in [-0.2, 0) is 9.53 Å². The van der Waals surface area contributed by atoms with Gasteiger partial charge in [-0.15, -0.1) is 11.3 Å². The number of benzene rings is 1. The molecule has 1 aliphatic carbocycles. The molecule has 1 aromatic carbocycles. The van der Waals surface area contributed by atoms with Gasteiger partial charge in [0.2, 0.25) is 5.91 Å². The summed E-state index contributed by atoms with van der Waals surface area (Å²) in [6.45, 7) is 2.21. The summed E-state index contributed by atoms with van der Waals surface area (Å²) in [5, 5.41) is 11.2. The van der Waals surface area contributed by atoms with Crippen molar-refractivity contribution in [2.75, 3.05) is 32.8 Å². The number of morpholine rings is 1. The van der Waals surface area contributed by atoms with Gasteiger partial charge >= 0.3 is 0 Å². The SMILES string of the molecule is O=C(c1cc2ccccc2s1)N1C[C@H]2O[C@]3(C1)CN(C(=O)C1CCC1)C[C@@H]3[C@@H]2CO. The lowest BCUT2D eigenvalue weighted by Gasteiger charge is -2.40. The highest BCUT2D eigenvalue weighted by molar-refractivity contribution is 7.20. The Morgan fingerprint density at radius 1 is 1.17 bits per heavy atom. The van der Waals surface area contributed by atoms with Gasteiger partial charge in [-0.3, -0.25) is 9.59 Å². The molecule has 30 heavy (non-hydrogen) atoms. The number of carbonyl (C=O) groups excluding carboxylic acids is 2. The number of thiophene rings is 1. The van der Waals surface area contributed by atoms with E-state index in [4.69, 9.17) is 4.74 Å². The van der Waals surface area contributed by atoms with Crippen LogP contribution in [0.15, 0.2) is 30.3 Å². The first-order chi connectivity index (χ1) is 14.6. The fraction of sp³-hybridized carbons (Fsp3) is 0.565. The summed E-state index contributed by atoms with van der Waals surface area (Å²) in [6.07, 6.45) is 2.94. The normalized spacial score (nSPS) is 33.0. The smallest absolute Gasteiger partial charge is 0.264 e. The molecule has 7 heteroatoms. The van der Waals surface area contributed by atoms with E-state index in [1.807, 2.05) is 40.1 Å². The number of fused-ring (bicyclic) bond motifs is 2. The van der Waals surface area contributed by atoms with Gasteiger partial charge in [-0.25, -0.2) is 0 Å². The van der Waals surface area contributed by atoms with Crippen LogP contribution in [0.1, 0.15) is 28.9 Å². The summed E-state index contributed by atoms with van der Waals surface area (Å²) >= 11 is 1.53. The lowest BCUT2D eigenvalue weighted by atomic mass is 9.83. The van der Waals surface area contributed by atoms with E-state index in [-0.39, 0.29) is 42.3 Å². The Labute approximate surface area is 179 Å². The fourth-order valence-electron chi connectivity index (χ4n) is 5.91. The van der Waals surface area contributed by atoms with Gasteiger partial charge in [0.1, 0.15) is 5.60 Å². The highest BCUT2D eigenvalue weighted by Crippen LogP contribution is 2.50. The Hall–Kier alpha value is -1.96.